The highest BCUT2D eigenvalue weighted by Gasteiger charge is 2.23. The van der Waals surface area contributed by atoms with Crippen LogP contribution in [0.1, 0.15) is 18.0 Å². The zero-order chi connectivity index (χ0) is 14.7. The molecule has 1 aromatic rings. The molecule has 1 fully saturated rings. The largest absolute Gasteiger partial charge is 0.493 e. The number of fused-ring (bicyclic) bond motifs is 1. The monoisotopic (exact) mass is 289 g/mol. The molecule has 0 radical (unpaired) electrons. The number of rotatable bonds is 3. The van der Waals surface area contributed by atoms with Crippen molar-refractivity contribution in [3.05, 3.63) is 29.8 Å². The second-order valence-electron chi connectivity index (χ2n) is 5.79. The van der Waals surface area contributed by atoms with Crippen molar-refractivity contribution in [2.75, 3.05) is 46.4 Å². The van der Waals surface area contributed by atoms with Crippen molar-refractivity contribution in [3.63, 3.8) is 0 Å². The maximum atomic E-state index is 12.3. The molecule has 5 nitrogen and oxygen atoms in total. The topological polar surface area (TPSA) is 44.8 Å². The van der Waals surface area contributed by atoms with Gasteiger partial charge in [-0.3, -0.25) is 4.79 Å². The van der Waals surface area contributed by atoms with E-state index in [9.17, 15) is 4.79 Å². The van der Waals surface area contributed by atoms with Crippen LogP contribution in [0.15, 0.2) is 24.3 Å². The predicted molar refractivity (Wildman–Crippen MR) is 81.4 cm³/mol. The quantitative estimate of drug-likeness (QED) is 0.897. The molecule has 2 aliphatic rings. The van der Waals surface area contributed by atoms with E-state index in [-0.39, 0.29) is 11.9 Å². The minimum absolute atomic E-state index is 0.201. The van der Waals surface area contributed by atoms with Gasteiger partial charge in [0.15, 0.2) is 0 Å². The number of carbonyl (C=O) groups is 1. The fourth-order valence-electron chi connectivity index (χ4n) is 2.93. The summed E-state index contributed by atoms with van der Waals surface area (Å²) in [6.45, 7) is 4.71. The minimum Gasteiger partial charge on any atom is -0.493 e. The molecular weight excluding hydrogens is 266 g/mol. The minimum atomic E-state index is 0.201. The van der Waals surface area contributed by atoms with Crippen molar-refractivity contribution in [2.45, 2.75) is 12.5 Å². The first-order valence-corrected chi connectivity index (χ1v) is 7.65. The average Bonchev–Trinajstić information content (AvgIpc) is 2.53. The zero-order valence-electron chi connectivity index (χ0n) is 12.5. The van der Waals surface area contributed by atoms with Crippen LogP contribution in [-0.4, -0.2) is 62.1 Å². The molecule has 0 bridgehead atoms. The Bertz CT molecular complexity index is 498. The Morgan fingerprint density at radius 3 is 2.86 bits per heavy atom. The number of hydrogen-bond acceptors (Lipinski definition) is 4. The summed E-state index contributed by atoms with van der Waals surface area (Å²) in [5, 5.41) is 3.40. The van der Waals surface area contributed by atoms with Crippen LogP contribution in [0.3, 0.4) is 0 Å². The molecule has 0 saturated carbocycles. The van der Waals surface area contributed by atoms with Crippen LogP contribution in [0.5, 0.6) is 5.75 Å². The molecule has 0 aliphatic carbocycles. The maximum Gasteiger partial charge on any atom is 0.236 e. The van der Waals surface area contributed by atoms with E-state index in [1.807, 2.05) is 23.1 Å². The van der Waals surface area contributed by atoms with Crippen LogP contribution in [0, 0.1) is 0 Å². The molecule has 5 heteroatoms. The highest BCUT2D eigenvalue weighted by Crippen LogP contribution is 2.31. The molecule has 1 amide bonds. The Kier molecular flexibility index (Phi) is 4.41. The Balaban J connectivity index is 1.55. The molecule has 3 rings (SSSR count). The number of carbonyl (C=O) groups excluding carboxylic acids is 1. The van der Waals surface area contributed by atoms with Gasteiger partial charge in [-0.1, -0.05) is 18.2 Å². The second kappa shape index (κ2) is 6.45. The predicted octanol–water partition coefficient (Wildman–Crippen LogP) is 0.874. The maximum absolute atomic E-state index is 12.3. The van der Waals surface area contributed by atoms with Gasteiger partial charge in [0.05, 0.1) is 13.2 Å². The summed E-state index contributed by atoms with van der Waals surface area (Å²) >= 11 is 0. The molecule has 1 unspecified atom stereocenters. The third-order valence-electron chi connectivity index (χ3n) is 4.31. The average molecular weight is 289 g/mol. The number of ether oxygens (including phenoxy) is 1. The number of piperazine rings is 1. The van der Waals surface area contributed by atoms with E-state index in [0.717, 1.165) is 43.9 Å². The highest BCUT2D eigenvalue weighted by atomic mass is 16.5. The highest BCUT2D eigenvalue weighted by molar-refractivity contribution is 5.78. The van der Waals surface area contributed by atoms with Crippen LogP contribution in [0.4, 0.5) is 0 Å². The van der Waals surface area contributed by atoms with Crippen molar-refractivity contribution < 1.29 is 9.53 Å². The van der Waals surface area contributed by atoms with Gasteiger partial charge < -0.3 is 19.9 Å². The summed E-state index contributed by atoms with van der Waals surface area (Å²) in [4.78, 5) is 16.5. The third kappa shape index (κ3) is 3.36. The Labute approximate surface area is 125 Å². The number of nitrogens with one attached hydrogen (secondary N) is 1. The number of likely N-dealkylation sites (N-methyl/N-ethyl adjacent to an activating group) is 1. The Hall–Kier alpha value is -1.59. The standard InChI is InChI=1S/C16H23N3O2/c1-18-7-9-19(10-8-18)16(20)12-17-14-6-11-21-15-5-3-2-4-13(14)15/h2-5,14,17H,6-12H2,1H3. The summed E-state index contributed by atoms with van der Waals surface area (Å²) in [6.07, 6.45) is 0.910. The van der Waals surface area contributed by atoms with E-state index in [2.05, 4.69) is 23.3 Å². The lowest BCUT2D eigenvalue weighted by Gasteiger charge is -2.33. The second-order valence-corrected chi connectivity index (χ2v) is 5.79. The summed E-state index contributed by atoms with van der Waals surface area (Å²) in [5.41, 5.74) is 1.16. The van der Waals surface area contributed by atoms with Gasteiger partial charge in [-0.25, -0.2) is 0 Å². The first kappa shape index (κ1) is 14.4. The van der Waals surface area contributed by atoms with Crippen LogP contribution < -0.4 is 10.1 Å². The van der Waals surface area contributed by atoms with Crippen molar-refractivity contribution in [2.24, 2.45) is 0 Å². The molecule has 1 atom stereocenters. The van der Waals surface area contributed by atoms with Crippen LogP contribution in [0.2, 0.25) is 0 Å². The van der Waals surface area contributed by atoms with Crippen LogP contribution >= 0.6 is 0 Å². The third-order valence-corrected chi connectivity index (χ3v) is 4.31. The van der Waals surface area contributed by atoms with Gasteiger partial charge in [-0.15, -0.1) is 0 Å². The molecule has 114 valence electrons. The van der Waals surface area contributed by atoms with E-state index >= 15 is 0 Å². The lowest BCUT2D eigenvalue weighted by Crippen LogP contribution is -2.49. The fraction of sp³-hybridized carbons (Fsp3) is 0.562. The summed E-state index contributed by atoms with van der Waals surface area (Å²) in [5.74, 6) is 1.14. The van der Waals surface area contributed by atoms with Gasteiger partial charge in [0.1, 0.15) is 5.75 Å². The summed E-state index contributed by atoms with van der Waals surface area (Å²) < 4.78 is 5.65. The van der Waals surface area contributed by atoms with E-state index in [1.165, 1.54) is 0 Å². The van der Waals surface area contributed by atoms with Gasteiger partial charge in [0.2, 0.25) is 5.91 Å². The molecular formula is C16H23N3O2. The Morgan fingerprint density at radius 1 is 1.29 bits per heavy atom. The summed E-state index contributed by atoms with van der Waals surface area (Å²) in [6, 6.07) is 8.28. The number of amides is 1. The van der Waals surface area contributed by atoms with Gasteiger partial charge in [0, 0.05) is 44.2 Å². The molecule has 2 aliphatic heterocycles. The van der Waals surface area contributed by atoms with Crippen molar-refractivity contribution >= 4 is 5.91 Å². The lowest BCUT2D eigenvalue weighted by atomic mass is 10.0. The van der Waals surface area contributed by atoms with Crippen molar-refractivity contribution in [3.8, 4) is 5.75 Å². The van der Waals surface area contributed by atoms with E-state index < -0.39 is 0 Å². The number of para-hydroxylation sites is 1. The van der Waals surface area contributed by atoms with E-state index in [4.69, 9.17) is 4.74 Å². The first-order chi connectivity index (χ1) is 10.2. The van der Waals surface area contributed by atoms with Gasteiger partial charge in [0.25, 0.3) is 0 Å². The van der Waals surface area contributed by atoms with E-state index in [0.29, 0.717) is 13.2 Å². The SMILES string of the molecule is CN1CCN(C(=O)CNC2CCOc3ccccc32)CC1. The molecule has 0 aromatic heterocycles. The molecule has 1 N–H and O–H groups in total. The lowest BCUT2D eigenvalue weighted by molar-refractivity contribution is -0.131. The number of hydrogen-bond donors (Lipinski definition) is 1. The normalized spacial score (nSPS) is 22.5. The van der Waals surface area contributed by atoms with Gasteiger partial charge >= 0.3 is 0 Å². The van der Waals surface area contributed by atoms with Crippen molar-refractivity contribution in [1.29, 1.82) is 0 Å². The first-order valence-electron chi connectivity index (χ1n) is 7.65. The summed E-state index contributed by atoms with van der Waals surface area (Å²) in [7, 11) is 2.10. The zero-order valence-corrected chi connectivity index (χ0v) is 12.5. The molecule has 2 heterocycles. The number of nitrogens with zero attached hydrogens (tertiary/aromatic N) is 2. The van der Waals surface area contributed by atoms with E-state index in [1.54, 1.807) is 0 Å². The smallest absolute Gasteiger partial charge is 0.236 e. The van der Waals surface area contributed by atoms with Crippen LogP contribution in [0.25, 0.3) is 0 Å². The molecule has 1 aromatic carbocycles. The fourth-order valence-corrected chi connectivity index (χ4v) is 2.93. The van der Waals surface area contributed by atoms with Gasteiger partial charge in [-0.05, 0) is 13.1 Å². The molecule has 1 saturated heterocycles. The van der Waals surface area contributed by atoms with Crippen molar-refractivity contribution in [1.82, 2.24) is 15.1 Å². The Morgan fingerprint density at radius 2 is 2.05 bits per heavy atom. The van der Waals surface area contributed by atoms with Crippen LogP contribution in [-0.2, 0) is 4.79 Å². The molecule has 21 heavy (non-hydrogen) atoms. The van der Waals surface area contributed by atoms with Gasteiger partial charge in [-0.2, -0.15) is 0 Å². The number of benzene rings is 1. The molecule has 0 spiro atoms.